The fourth-order valence-electron chi connectivity index (χ4n) is 1.96. The van der Waals surface area contributed by atoms with E-state index in [0.29, 0.717) is 5.95 Å². The van der Waals surface area contributed by atoms with Crippen molar-refractivity contribution in [2.45, 2.75) is 33.1 Å². The second-order valence-electron chi connectivity index (χ2n) is 4.89. The van der Waals surface area contributed by atoms with Crippen molar-refractivity contribution in [1.29, 1.82) is 0 Å². The van der Waals surface area contributed by atoms with Crippen molar-refractivity contribution in [2.75, 3.05) is 17.2 Å². The van der Waals surface area contributed by atoms with Gasteiger partial charge in [-0.15, -0.1) is 0 Å². The van der Waals surface area contributed by atoms with Gasteiger partial charge in [0.05, 0.1) is 6.20 Å². The summed E-state index contributed by atoms with van der Waals surface area (Å²) in [6.45, 7) is 4.96. The zero-order valence-corrected chi connectivity index (χ0v) is 12.5. The van der Waals surface area contributed by atoms with Gasteiger partial charge in [-0.05, 0) is 30.5 Å². The minimum atomic E-state index is -0.463. The summed E-state index contributed by atoms with van der Waals surface area (Å²) in [7, 11) is 0. The number of nitrogens with zero attached hydrogens (tertiary/aromatic N) is 2. The van der Waals surface area contributed by atoms with E-state index in [1.807, 2.05) is 31.2 Å². The van der Waals surface area contributed by atoms with E-state index in [1.54, 1.807) is 0 Å². The second kappa shape index (κ2) is 7.57. The highest BCUT2D eigenvalue weighted by Crippen LogP contribution is 2.19. The first-order chi connectivity index (χ1) is 10.2. The van der Waals surface area contributed by atoms with Gasteiger partial charge in [0.1, 0.15) is 0 Å². The van der Waals surface area contributed by atoms with Gasteiger partial charge >= 0.3 is 0 Å². The van der Waals surface area contributed by atoms with Crippen LogP contribution in [0, 0.1) is 5.82 Å². The second-order valence-corrected chi connectivity index (χ2v) is 4.89. The van der Waals surface area contributed by atoms with Crippen LogP contribution in [0.15, 0.2) is 30.5 Å². The van der Waals surface area contributed by atoms with Gasteiger partial charge < -0.3 is 10.6 Å². The molecule has 4 nitrogen and oxygen atoms in total. The molecule has 0 amide bonds. The topological polar surface area (TPSA) is 49.8 Å². The van der Waals surface area contributed by atoms with Crippen molar-refractivity contribution in [1.82, 2.24) is 9.97 Å². The van der Waals surface area contributed by atoms with Crippen molar-refractivity contribution in [3.63, 3.8) is 0 Å². The average molecular weight is 288 g/mol. The highest BCUT2D eigenvalue weighted by molar-refractivity contribution is 5.57. The number of nitrogens with one attached hydrogen (secondary N) is 2. The van der Waals surface area contributed by atoms with E-state index < -0.39 is 5.82 Å². The number of anilines is 3. The Balaban J connectivity index is 2.10. The predicted octanol–water partition coefficient (Wildman–Crippen LogP) is 4.13. The predicted molar refractivity (Wildman–Crippen MR) is 84.5 cm³/mol. The van der Waals surface area contributed by atoms with Gasteiger partial charge in [0.2, 0.25) is 5.95 Å². The van der Waals surface area contributed by atoms with Gasteiger partial charge in [-0.1, -0.05) is 32.4 Å². The fraction of sp³-hybridized carbons (Fsp3) is 0.375. The Labute approximate surface area is 124 Å². The Morgan fingerprint density at radius 1 is 1.10 bits per heavy atom. The molecule has 0 bridgehead atoms. The van der Waals surface area contributed by atoms with Crippen LogP contribution in [0.1, 0.15) is 32.3 Å². The van der Waals surface area contributed by atoms with Gasteiger partial charge in [-0.25, -0.2) is 9.37 Å². The summed E-state index contributed by atoms with van der Waals surface area (Å²) < 4.78 is 13.8. The van der Waals surface area contributed by atoms with E-state index in [0.717, 1.165) is 31.5 Å². The third kappa shape index (κ3) is 4.41. The minimum Gasteiger partial charge on any atom is -0.354 e. The highest BCUT2D eigenvalue weighted by Gasteiger charge is 2.07. The van der Waals surface area contributed by atoms with E-state index in [1.165, 1.54) is 11.8 Å². The zero-order chi connectivity index (χ0) is 15.1. The number of hydrogen-bond donors (Lipinski definition) is 2. The summed E-state index contributed by atoms with van der Waals surface area (Å²) >= 11 is 0. The average Bonchev–Trinajstić information content (AvgIpc) is 2.50. The molecule has 0 fully saturated rings. The fourth-order valence-corrected chi connectivity index (χ4v) is 1.96. The van der Waals surface area contributed by atoms with Gasteiger partial charge in [-0.2, -0.15) is 4.98 Å². The van der Waals surface area contributed by atoms with E-state index >= 15 is 0 Å². The van der Waals surface area contributed by atoms with E-state index in [-0.39, 0.29) is 5.82 Å². The molecule has 0 aliphatic heterocycles. The lowest BCUT2D eigenvalue weighted by atomic mass is 10.1. The van der Waals surface area contributed by atoms with Crippen LogP contribution >= 0.6 is 0 Å². The molecule has 1 aromatic carbocycles. The van der Waals surface area contributed by atoms with E-state index in [2.05, 4.69) is 27.5 Å². The molecule has 0 atom stereocenters. The van der Waals surface area contributed by atoms with Crippen LogP contribution in [0.5, 0.6) is 0 Å². The molecule has 5 heteroatoms. The Morgan fingerprint density at radius 3 is 2.52 bits per heavy atom. The molecular formula is C16H21FN4. The quantitative estimate of drug-likeness (QED) is 0.804. The number of aromatic nitrogens is 2. The molecule has 1 aromatic heterocycles. The van der Waals surface area contributed by atoms with Crippen molar-refractivity contribution in [3.8, 4) is 0 Å². The van der Waals surface area contributed by atoms with Gasteiger partial charge in [0.25, 0.3) is 0 Å². The monoisotopic (exact) mass is 288 g/mol. The van der Waals surface area contributed by atoms with Crippen molar-refractivity contribution < 1.29 is 4.39 Å². The molecule has 0 saturated heterocycles. The largest absolute Gasteiger partial charge is 0.354 e. The third-order valence-corrected chi connectivity index (χ3v) is 3.03. The Hall–Kier alpha value is -2.17. The molecule has 0 aliphatic carbocycles. The highest BCUT2D eigenvalue weighted by atomic mass is 19.1. The molecule has 2 N–H and O–H groups in total. The first kappa shape index (κ1) is 15.2. The smallest absolute Gasteiger partial charge is 0.224 e. The van der Waals surface area contributed by atoms with Crippen LogP contribution in [0.3, 0.4) is 0 Å². The first-order valence-electron chi connectivity index (χ1n) is 7.35. The van der Waals surface area contributed by atoms with Gasteiger partial charge in [0, 0.05) is 12.2 Å². The number of benzene rings is 1. The normalized spacial score (nSPS) is 10.4. The molecule has 0 unspecified atom stereocenters. The standard InChI is InChI=1S/C16H21FN4/c1-3-5-12-6-8-13(9-7-12)20-15-14(17)11-19-16(21-15)18-10-4-2/h6-9,11H,3-5,10H2,1-2H3,(H2,18,19,20,21). The molecular weight excluding hydrogens is 267 g/mol. The molecule has 21 heavy (non-hydrogen) atoms. The Kier molecular flexibility index (Phi) is 5.49. The molecule has 0 spiro atoms. The zero-order valence-electron chi connectivity index (χ0n) is 12.5. The summed E-state index contributed by atoms with van der Waals surface area (Å²) in [6.07, 6.45) is 4.30. The van der Waals surface area contributed by atoms with Crippen LogP contribution in [0.25, 0.3) is 0 Å². The van der Waals surface area contributed by atoms with Crippen LogP contribution in [0.2, 0.25) is 0 Å². The Morgan fingerprint density at radius 2 is 1.86 bits per heavy atom. The molecule has 0 radical (unpaired) electrons. The molecule has 0 aliphatic rings. The first-order valence-corrected chi connectivity index (χ1v) is 7.35. The summed E-state index contributed by atoms with van der Waals surface area (Å²) in [4.78, 5) is 8.07. The number of rotatable bonds is 7. The molecule has 2 aromatic rings. The van der Waals surface area contributed by atoms with E-state index in [9.17, 15) is 4.39 Å². The van der Waals surface area contributed by atoms with E-state index in [4.69, 9.17) is 0 Å². The summed E-state index contributed by atoms with van der Waals surface area (Å²) in [5.74, 6) is 0.157. The van der Waals surface area contributed by atoms with Crippen LogP contribution < -0.4 is 10.6 Å². The third-order valence-electron chi connectivity index (χ3n) is 3.03. The van der Waals surface area contributed by atoms with Gasteiger partial charge in [0.15, 0.2) is 11.6 Å². The number of hydrogen-bond acceptors (Lipinski definition) is 4. The lowest BCUT2D eigenvalue weighted by Gasteiger charge is -2.09. The minimum absolute atomic E-state index is 0.187. The van der Waals surface area contributed by atoms with Crippen LogP contribution in [-0.2, 0) is 6.42 Å². The lowest BCUT2D eigenvalue weighted by Crippen LogP contribution is -2.07. The number of aryl methyl sites for hydroxylation is 1. The summed E-state index contributed by atoms with van der Waals surface area (Å²) in [5, 5.41) is 6.04. The SMILES string of the molecule is CCCNc1ncc(F)c(Nc2ccc(CCC)cc2)n1. The van der Waals surface area contributed by atoms with Crippen molar-refractivity contribution >= 4 is 17.5 Å². The van der Waals surface area contributed by atoms with Crippen LogP contribution in [0.4, 0.5) is 21.8 Å². The van der Waals surface area contributed by atoms with Crippen molar-refractivity contribution in [2.24, 2.45) is 0 Å². The van der Waals surface area contributed by atoms with Gasteiger partial charge in [-0.3, -0.25) is 0 Å². The molecule has 112 valence electrons. The summed E-state index contributed by atoms with van der Waals surface area (Å²) in [5.41, 5.74) is 2.09. The molecule has 0 saturated carbocycles. The maximum absolute atomic E-state index is 13.8. The number of halogens is 1. The maximum Gasteiger partial charge on any atom is 0.224 e. The molecule has 1 heterocycles. The molecule has 2 rings (SSSR count). The maximum atomic E-state index is 13.8. The lowest BCUT2D eigenvalue weighted by molar-refractivity contribution is 0.619. The van der Waals surface area contributed by atoms with Crippen LogP contribution in [-0.4, -0.2) is 16.5 Å². The Bertz CT molecular complexity index is 569. The summed E-state index contributed by atoms with van der Waals surface area (Å²) in [6, 6.07) is 7.96. The van der Waals surface area contributed by atoms with Crippen molar-refractivity contribution in [3.05, 3.63) is 41.8 Å².